The minimum atomic E-state index is -0.303. The van der Waals surface area contributed by atoms with Gasteiger partial charge in [0, 0.05) is 0 Å². The van der Waals surface area contributed by atoms with Gasteiger partial charge in [-0.25, -0.2) is 0 Å². The Hall–Kier alpha value is -4.42. The van der Waals surface area contributed by atoms with Gasteiger partial charge in [-0.1, -0.05) is 115 Å². The van der Waals surface area contributed by atoms with Crippen molar-refractivity contribution in [2.75, 3.05) is 0 Å². The first kappa shape index (κ1) is 18.9. The summed E-state index contributed by atoms with van der Waals surface area (Å²) in [7, 11) is 0. The zero-order valence-corrected chi connectivity index (χ0v) is 19.8. The van der Waals surface area contributed by atoms with E-state index in [4.69, 9.17) is 0 Å². The normalized spacial score (nSPS) is 14.8. The van der Waals surface area contributed by atoms with E-state index in [0.717, 1.165) is 6.42 Å². The van der Waals surface area contributed by atoms with Gasteiger partial charge in [0.1, 0.15) is 0 Å². The third-order valence-electron chi connectivity index (χ3n) is 8.88. The fraction of sp³-hybridized carbons (Fsp3) is 0.0556. The molecule has 0 nitrogen and oxygen atoms in total. The van der Waals surface area contributed by atoms with Crippen molar-refractivity contribution in [3.05, 3.63) is 155 Å². The second kappa shape index (κ2) is 6.42. The molecular formula is C36H22. The smallest absolute Gasteiger partial charge is 0.0619 e. The molecule has 0 aromatic heterocycles. The van der Waals surface area contributed by atoms with E-state index in [0.29, 0.717) is 0 Å². The van der Waals surface area contributed by atoms with Crippen LogP contribution in [0, 0.1) is 0 Å². The maximum atomic E-state index is 2.55. The summed E-state index contributed by atoms with van der Waals surface area (Å²) in [6.07, 6.45) is 1.01. The van der Waals surface area contributed by atoms with E-state index in [1.807, 2.05) is 0 Å². The second-order valence-electron chi connectivity index (χ2n) is 10.4. The Kier molecular flexibility index (Phi) is 3.36. The van der Waals surface area contributed by atoms with E-state index in [1.165, 1.54) is 77.5 Å². The van der Waals surface area contributed by atoms with Crippen molar-refractivity contribution in [1.29, 1.82) is 0 Å². The molecule has 9 rings (SSSR count). The molecule has 0 heterocycles. The van der Waals surface area contributed by atoms with Crippen molar-refractivity contribution in [3.63, 3.8) is 0 Å². The molecular weight excluding hydrogens is 432 g/mol. The number of benzene rings is 6. The van der Waals surface area contributed by atoms with Crippen LogP contribution >= 0.6 is 0 Å². The molecule has 166 valence electrons. The van der Waals surface area contributed by atoms with E-state index >= 15 is 0 Å². The summed E-state index contributed by atoms with van der Waals surface area (Å²) in [6.45, 7) is 0. The van der Waals surface area contributed by atoms with Crippen LogP contribution in [-0.4, -0.2) is 0 Å². The van der Waals surface area contributed by atoms with Crippen LogP contribution in [0.15, 0.2) is 121 Å². The molecule has 0 aliphatic heterocycles. The van der Waals surface area contributed by atoms with Gasteiger partial charge in [-0.05, 0) is 90.0 Å². The van der Waals surface area contributed by atoms with Crippen LogP contribution in [0.5, 0.6) is 0 Å². The van der Waals surface area contributed by atoms with Gasteiger partial charge in [-0.2, -0.15) is 0 Å². The summed E-state index contributed by atoms with van der Waals surface area (Å²) in [5.74, 6) is 0. The summed E-state index contributed by atoms with van der Waals surface area (Å²) >= 11 is 0. The maximum absolute atomic E-state index is 2.55. The van der Waals surface area contributed by atoms with Crippen molar-refractivity contribution in [2.24, 2.45) is 0 Å². The molecule has 3 aliphatic rings. The number of hydrogen-bond acceptors (Lipinski definition) is 0. The Morgan fingerprint density at radius 2 is 1.08 bits per heavy atom. The van der Waals surface area contributed by atoms with Crippen LogP contribution in [0.3, 0.4) is 0 Å². The van der Waals surface area contributed by atoms with Gasteiger partial charge >= 0.3 is 0 Å². The molecule has 6 aromatic rings. The van der Waals surface area contributed by atoms with E-state index in [9.17, 15) is 0 Å². The van der Waals surface area contributed by atoms with E-state index in [2.05, 4.69) is 121 Å². The molecule has 0 bridgehead atoms. The molecule has 3 aliphatic carbocycles. The molecule has 6 aromatic carbocycles. The largest absolute Gasteiger partial charge is 0.0731 e. The summed E-state index contributed by atoms with van der Waals surface area (Å²) in [5, 5.41) is 2.67. The van der Waals surface area contributed by atoms with E-state index in [1.54, 1.807) is 0 Å². The molecule has 0 heteroatoms. The van der Waals surface area contributed by atoms with Crippen LogP contribution in [0.1, 0.15) is 33.4 Å². The lowest BCUT2D eigenvalue weighted by atomic mass is 9.69. The van der Waals surface area contributed by atoms with Crippen molar-refractivity contribution < 1.29 is 0 Å². The highest BCUT2D eigenvalue weighted by molar-refractivity contribution is 6.04. The second-order valence-corrected chi connectivity index (χ2v) is 10.4. The molecule has 0 unspecified atom stereocenters. The van der Waals surface area contributed by atoms with E-state index < -0.39 is 0 Å². The molecule has 0 N–H and O–H groups in total. The summed E-state index contributed by atoms with van der Waals surface area (Å²) in [5.41, 5.74) is 16.6. The minimum Gasteiger partial charge on any atom is -0.0619 e. The molecule has 0 amide bonds. The van der Waals surface area contributed by atoms with Crippen molar-refractivity contribution in [1.82, 2.24) is 0 Å². The standard InChI is InChI=1S/C36H22/c1-4-12-26-22(9-1)17-18-29-31-21-30-24(19-23-10-2-3-11-25(23)30)20-34(31)36(35(26)29)32-15-7-5-13-27(32)28-14-6-8-16-33(28)36/h1-18,20-21H,19H2. The van der Waals surface area contributed by atoms with Gasteiger partial charge in [0.05, 0.1) is 5.41 Å². The first-order valence-corrected chi connectivity index (χ1v) is 12.8. The molecule has 0 atom stereocenters. The van der Waals surface area contributed by atoms with Crippen LogP contribution < -0.4 is 0 Å². The molecule has 0 saturated carbocycles. The van der Waals surface area contributed by atoms with Gasteiger partial charge < -0.3 is 0 Å². The maximum Gasteiger partial charge on any atom is 0.0731 e. The zero-order chi connectivity index (χ0) is 23.4. The van der Waals surface area contributed by atoms with Gasteiger partial charge in [-0.15, -0.1) is 0 Å². The first-order chi connectivity index (χ1) is 17.9. The molecule has 1 spiro atoms. The summed E-state index contributed by atoms with van der Waals surface area (Å²) in [4.78, 5) is 0. The van der Waals surface area contributed by atoms with Crippen molar-refractivity contribution in [3.8, 4) is 33.4 Å². The number of fused-ring (bicyclic) bond motifs is 15. The van der Waals surface area contributed by atoms with Crippen LogP contribution in [-0.2, 0) is 11.8 Å². The monoisotopic (exact) mass is 454 g/mol. The van der Waals surface area contributed by atoms with Crippen molar-refractivity contribution in [2.45, 2.75) is 11.8 Å². The fourth-order valence-electron chi connectivity index (χ4n) is 7.55. The average molecular weight is 455 g/mol. The third-order valence-corrected chi connectivity index (χ3v) is 8.88. The average Bonchev–Trinajstić information content (AvgIpc) is 3.55. The highest BCUT2D eigenvalue weighted by atomic mass is 14.5. The quantitative estimate of drug-likeness (QED) is 0.215. The first-order valence-electron chi connectivity index (χ1n) is 12.8. The van der Waals surface area contributed by atoms with Crippen LogP contribution in [0.2, 0.25) is 0 Å². The Morgan fingerprint density at radius 3 is 1.89 bits per heavy atom. The third kappa shape index (κ3) is 2.05. The van der Waals surface area contributed by atoms with Gasteiger partial charge in [-0.3, -0.25) is 0 Å². The lowest BCUT2D eigenvalue weighted by Gasteiger charge is -2.31. The number of rotatable bonds is 0. The Morgan fingerprint density at radius 1 is 0.417 bits per heavy atom. The number of hydrogen-bond donors (Lipinski definition) is 0. The van der Waals surface area contributed by atoms with Crippen LogP contribution in [0.25, 0.3) is 44.2 Å². The molecule has 0 saturated heterocycles. The SMILES string of the molecule is c1ccc2c(c1)Cc1cc3c(cc1-2)-c1ccc2ccccc2c1C31c2ccccc2-c2ccccc21. The predicted octanol–water partition coefficient (Wildman–Crippen LogP) is 8.75. The molecule has 0 fully saturated rings. The predicted molar refractivity (Wildman–Crippen MR) is 148 cm³/mol. The zero-order valence-electron chi connectivity index (χ0n) is 19.8. The highest BCUT2D eigenvalue weighted by Gasteiger charge is 2.52. The Labute approximate surface area is 210 Å². The van der Waals surface area contributed by atoms with Gasteiger partial charge in [0.15, 0.2) is 0 Å². The Bertz CT molecular complexity index is 1870. The lowest BCUT2D eigenvalue weighted by Crippen LogP contribution is -2.26. The van der Waals surface area contributed by atoms with Gasteiger partial charge in [0.2, 0.25) is 0 Å². The fourth-order valence-corrected chi connectivity index (χ4v) is 7.55. The topological polar surface area (TPSA) is 0 Å². The minimum absolute atomic E-state index is 0.303. The summed E-state index contributed by atoms with van der Waals surface area (Å²) in [6, 6.07) is 45.8. The summed E-state index contributed by atoms with van der Waals surface area (Å²) < 4.78 is 0. The van der Waals surface area contributed by atoms with Crippen LogP contribution in [0.4, 0.5) is 0 Å². The van der Waals surface area contributed by atoms with Gasteiger partial charge in [0.25, 0.3) is 0 Å². The highest BCUT2D eigenvalue weighted by Crippen LogP contribution is 2.64. The van der Waals surface area contributed by atoms with Crippen molar-refractivity contribution >= 4 is 10.8 Å². The van der Waals surface area contributed by atoms with E-state index in [-0.39, 0.29) is 5.41 Å². The lowest BCUT2D eigenvalue weighted by molar-refractivity contribution is 0.800. The molecule has 36 heavy (non-hydrogen) atoms. The Balaban J connectivity index is 1.50. The molecule has 0 radical (unpaired) electrons.